The van der Waals surface area contributed by atoms with Crippen LogP contribution in [-0.4, -0.2) is 47.1 Å². The van der Waals surface area contributed by atoms with E-state index in [4.69, 9.17) is 28.8 Å². The minimum atomic E-state index is -0.413. The monoisotopic (exact) mass is 476 g/mol. The van der Waals surface area contributed by atoms with E-state index in [-0.39, 0.29) is 23.7 Å². The van der Waals surface area contributed by atoms with E-state index in [1.807, 2.05) is 0 Å². The van der Waals surface area contributed by atoms with Crippen molar-refractivity contribution in [2.75, 3.05) is 25.0 Å². The number of nitrogens with two attached hydrogens (primary N) is 3. The van der Waals surface area contributed by atoms with E-state index < -0.39 is 5.69 Å². The second-order valence-electron chi connectivity index (χ2n) is 7.63. The van der Waals surface area contributed by atoms with Gasteiger partial charge >= 0.3 is 5.69 Å². The van der Waals surface area contributed by atoms with E-state index in [2.05, 4.69) is 20.6 Å². The summed E-state index contributed by atoms with van der Waals surface area (Å²) < 4.78 is 1.54. The van der Waals surface area contributed by atoms with Gasteiger partial charge in [-0.3, -0.25) is 14.4 Å². The molecule has 180 valence electrons. The summed E-state index contributed by atoms with van der Waals surface area (Å²) in [6.07, 6.45) is 6.00. The third-order valence-electron chi connectivity index (χ3n) is 4.99. The molecule has 8 N–H and O–H groups in total. The normalized spacial score (nSPS) is 11.7. The number of nitrogens with zero attached hydrogens (tertiary/aromatic N) is 3. The first kappa shape index (κ1) is 26.3. The molecule has 0 radical (unpaired) electrons. The van der Waals surface area contributed by atoms with E-state index in [1.54, 1.807) is 36.5 Å². The van der Waals surface area contributed by atoms with Crippen LogP contribution in [-0.2, 0) is 6.54 Å². The highest BCUT2D eigenvalue weighted by molar-refractivity contribution is 6.30. The minimum absolute atomic E-state index is 0.0994. The Labute approximate surface area is 198 Å². The van der Waals surface area contributed by atoms with Gasteiger partial charge in [0, 0.05) is 35.9 Å². The molecular formula is C22H33ClN8O2. The lowest BCUT2D eigenvalue weighted by atomic mass is 10.1. The molecule has 0 saturated carbocycles. The molecule has 0 fully saturated rings. The first-order valence-electron chi connectivity index (χ1n) is 11.0. The van der Waals surface area contributed by atoms with Crippen LogP contribution in [0, 0.1) is 0 Å². The van der Waals surface area contributed by atoms with E-state index in [0.717, 1.165) is 38.6 Å². The number of carbonyl (C=O) groups is 1. The number of benzene rings is 1. The molecule has 1 atom stereocenters. The summed E-state index contributed by atoms with van der Waals surface area (Å²) in [5.41, 5.74) is 16.3. The molecule has 0 aliphatic heterocycles. The third-order valence-corrected chi connectivity index (χ3v) is 5.24. The van der Waals surface area contributed by atoms with Gasteiger partial charge in [-0.1, -0.05) is 11.6 Å². The van der Waals surface area contributed by atoms with Crippen molar-refractivity contribution in [3.05, 3.63) is 57.6 Å². The van der Waals surface area contributed by atoms with Crippen LogP contribution in [0.25, 0.3) is 0 Å². The lowest BCUT2D eigenvalue weighted by Crippen LogP contribution is -2.32. The number of halogens is 1. The molecule has 1 unspecified atom stereocenters. The molecule has 1 aromatic carbocycles. The molecule has 2 rings (SSSR count). The maximum absolute atomic E-state index is 12.4. The van der Waals surface area contributed by atoms with Crippen LogP contribution >= 0.6 is 11.6 Å². The molecule has 10 nitrogen and oxygen atoms in total. The van der Waals surface area contributed by atoms with Gasteiger partial charge in [-0.15, -0.1) is 0 Å². The van der Waals surface area contributed by atoms with Crippen LogP contribution in [0.4, 0.5) is 5.82 Å². The van der Waals surface area contributed by atoms with E-state index in [1.165, 1.54) is 4.57 Å². The minimum Gasteiger partial charge on any atom is -0.370 e. The van der Waals surface area contributed by atoms with Crippen molar-refractivity contribution >= 4 is 29.3 Å². The highest BCUT2D eigenvalue weighted by Crippen LogP contribution is 2.11. The van der Waals surface area contributed by atoms with Crippen molar-refractivity contribution in [1.29, 1.82) is 0 Å². The average molecular weight is 477 g/mol. The molecule has 33 heavy (non-hydrogen) atoms. The zero-order chi connectivity index (χ0) is 24.1. The first-order valence-corrected chi connectivity index (χ1v) is 11.4. The fourth-order valence-corrected chi connectivity index (χ4v) is 3.39. The topological polar surface area (TPSA) is 166 Å². The molecular weight excluding hydrogens is 444 g/mol. The molecule has 0 spiro atoms. The molecule has 0 bridgehead atoms. The van der Waals surface area contributed by atoms with Crippen molar-refractivity contribution in [3.63, 3.8) is 0 Å². The van der Waals surface area contributed by atoms with E-state index in [0.29, 0.717) is 30.2 Å². The van der Waals surface area contributed by atoms with Crippen LogP contribution in [0.1, 0.15) is 42.5 Å². The Balaban J connectivity index is 1.86. The van der Waals surface area contributed by atoms with Gasteiger partial charge in [0.15, 0.2) is 5.96 Å². The second kappa shape index (κ2) is 14.2. The van der Waals surface area contributed by atoms with Gasteiger partial charge in [-0.05, 0) is 75.5 Å². The summed E-state index contributed by atoms with van der Waals surface area (Å²) >= 11 is 5.84. The lowest BCUT2D eigenvalue weighted by molar-refractivity contribution is 0.102. The number of amides is 1. The van der Waals surface area contributed by atoms with Crippen LogP contribution in [0.5, 0.6) is 0 Å². The van der Waals surface area contributed by atoms with Crippen molar-refractivity contribution < 1.29 is 4.79 Å². The third kappa shape index (κ3) is 10.0. The smallest absolute Gasteiger partial charge is 0.349 e. The lowest BCUT2D eigenvalue weighted by Gasteiger charge is -2.18. The SMILES string of the molecule is NCCCNC(CCCN=C(N)N)CCCn1ccc(NC(=O)c2ccc(Cl)cc2)nc1=O. The average Bonchev–Trinajstić information content (AvgIpc) is 2.78. The van der Waals surface area contributed by atoms with Gasteiger partial charge in [0.1, 0.15) is 5.82 Å². The zero-order valence-electron chi connectivity index (χ0n) is 18.7. The number of nitrogens with one attached hydrogen (secondary N) is 2. The summed E-state index contributed by atoms with van der Waals surface area (Å²) in [5, 5.41) is 6.68. The number of guanidine groups is 1. The predicted octanol–water partition coefficient (Wildman–Crippen LogP) is 1.29. The van der Waals surface area contributed by atoms with Gasteiger partial charge in [-0.25, -0.2) is 4.79 Å². The Kier molecular flexibility index (Phi) is 11.4. The molecule has 11 heteroatoms. The molecule has 1 aromatic heterocycles. The van der Waals surface area contributed by atoms with Crippen molar-refractivity contribution in [2.24, 2.45) is 22.2 Å². The summed E-state index contributed by atoms with van der Waals surface area (Å²) in [6, 6.07) is 8.36. The summed E-state index contributed by atoms with van der Waals surface area (Å²) in [4.78, 5) is 32.7. The number of aliphatic imine (C=N–C) groups is 1. The summed E-state index contributed by atoms with van der Waals surface area (Å²) in [7, 11) is 0. The van der Waals surface area contributed by atoms with Crippen molar-refractivity contribution in [3.8, 4) is 0 Å². The molecule has 0 saturated heterocycles. The van der Waals surface area contributed by atoms with Crippen molar-refractivity contribution in [2.45, 2.75) is 44.7 Å². The van der Waals surface area contributed by atoms with Gasteiger partial charge in [0.05, 0.1) is 0 Å². The van der Waals surface area contributed by atoms with E-state index >= 15 is 0 Å². The highest BCUT2D eigenvalue weighted by Gasteiger charge is 2.10. The Hall–Kier alpha value is -2.95. The molecule has 0 aliphatic rings. The summed E-state index contributed by atoms with van der Waals surface area (Å²) in [6.45, 7) is 2.59. The van der Waals surface area contributed by atoms with Gasteiger partial charge in [-0.2, -0.15) is 4.98 Å². The molecule has 1 amide bonds. The molecule has 0 aliphatic carbocycles. The molecule has 1 heterocycles. The number of aromatic nitrogens is 2. The Morgan fingerprint density at radius 1 is 1.12 bits per heavy atom. The summed E-state index contributed by atoms with van der Waals surface area (Å²) in [5.74, 6) is -0.0528. The first-order chi connectivity index (χ1) is 15.9. The van der Waals surface area contributed by atoms with E-state index in [9.17, 15) is 9.59 Å². The largest absolute Gasteiger partial charge is 0.370 e. The van der Waals surface area contributed by atoms with Gasteiger partial charge < -0.3 is 27.8 Å². The van der Waals surface area contributed by atoms with Crippen LogP contribution in [0.15, 0.2) is 46.3 Å². The molecule has 2 aromatic rings. The number of rotatable bonds is 14. The van der Waals surface area contributed by atoms with Crippen molar-refractivity contribution in [1.82, 2.24) is 14.9 Å². The predicted molar refractivity (Wildman–Crippen MR) is 133 cm³/mol. The van der Waals surface area contributed by atoms with Gasteiger partial charge in [0.25, 0.3) is 5.91 Å². The maximum atomic E-state index is 12.4. The fraction of sp³-hybridized carbons (Fsp3) is 0.455. The van der Waals surface area contributed by atoms with Gasteiger partial charge in [0.2, 0.25) is 0 Å². The number of aryl methyl sites for hydroxylation is 1. The maximum Gasteiger partial charge on any atom is 0.349 e. The van der Waals surface area contributed by atoms with Crippen LogP contribution < -0.4 is 33.5 Å². The highest BCUT2D eigenvalue weighted by atomic mass is 35.5. The Morgan fingerprint density at radius 3 is 2.52 bits per heavy atom. The number of carbonyl (C=O) groups excluding carboxylic acids is 1. The quantitative estimate of drug-likeness (QED) is 0.155. The fourth-order valence-electron chi connectivity index (χ4n) is 3.27. The number of anilines is 1. The standard InChI is InChI=1S/C22H33ClN8O2/c23-17-8-6-16(7-9-17)20(32)29-19-10-15-31(22(33)30-19)14-2-5-18(27-13-3-11-24)4-1-12-28-21(25)26/h6-10,15,18,27H,1-5,11-14,24H2,(H4,25,26,28)(H,29,30,32,33). The Bertz CT molecular complexity index is 958. The Morgan fingerprint density at radius 2 is 1.85 bits per heavy atom. The zero-order valence-corrected chi connectivity index (χ0v) is 19.4. The number of hydrogen-bond donors (Lipinski definition) is 5. The van der Waals surface area contributed by atoms with Crippen LogP contribution in [0.3, 0.4) is 0 Å². The van der Waals surface area contributed by atoms with Crippen LogP contribution in [0.2, 0.25) is 5.02 Å². The number of hydrogen-bond acceptors (Lipinski definition) is 6. The second-order valence-corrected chi connectivity index (χ2v) is 8.07.